The van der Waals surface area contributed by atoms with Gasteiger partial charge in [0.15, 0.2) is 0 Å². The molecule has 1 rings (SSSR count). The van der Waals surface area contributed by atoms with Gasteiger partial charge < -0.3 is 19.9 Å². The highest BCUT2D eigenvalue weighted by atomic mass is 16.5. The SMILES string of the molecule is COCCOCc1ccc(CNCCC(C)(C)C(=O)O)cc1. The first-order valence-electron chi connectivity index (χ1n) is 7.54. The molecule has 0 aromatic heterocycles. The van der Waals surface area contributed by atoms with Crippen LogP contribution in [-0.4, -0.2) is 37.9 Å². The van der Waals surface area contributed by atoms with Crippen LogP contribution in [0.5, 0.6) is 0 Å². The maximum absolute atomic E-state index is 11.0. The third-order valence-electron chi connectivity index (χ3n) is 3.56. The molecule has 0 saturated heterocycles. The smallest absolute Gasteiger partial charge is 0.309 e. The molecule has 0 saturated carbocycles. The van der Waals surface area contributed by atoms with Gasteiger partial charge in [-0.2, -0.15) is 0 Å². The summed E-state index contributed by atoms with van der Waals surface area (Å²) in [6, 6.07) is 8.21. The average molecular weight is 309 g/mol. The molecule has 0 unspecified atom stereocenters. The number of benzene rings is 1. The van der Waals surface area contributed by atoms with Crippen molar-refractivity contribution >= 4 is 5.97 Å². The van der Waals surface area contributed by atoms with Crippen LogP contribution < -0.4 is 5.32 Å². The van der Waals surface area contributed by atoms with Crippen LogP contribution in [0.3, 0.4) is 0 Å². The fraction of sp³-hybridized carbons (Fsp3) is 0.588. The average Bonchev–Trinajstić information content (AvgIpc) is 2.49. The molecule has 0 atom stereocenters. The summed E-state index contributed by atoms with van der Waals surface area (Å²) in [4.78, 5) is 11.0. The zero-order valence-corrected chi connectivity index (χ0v) is 13.7. The van der Waals surface area contributed by atoms with Crippen molar-refractivity contribution in [2.24, 2.45) is 5.41 Å². The van der Waals surface area contributed by atoms with E-state index >= 15 is 0 Å². The summed E-state index contributed by atoms with van der Waals surface area (Å²) >= 11 is 0. The van der Waals surface area contributed by atoms with Crippen molar-refractivity contribution in [2.45, 2.75) is 33.4 Å². The highest BCUT2D eigenvalue weighted by molar-refractivity contribution is 5.73. The molecule has 0 bridgehead atoms. The molecule has 22 heavy (non-hydrogen) atoms. The summed E-state index contributed by atoms with van der Waals surface area (Å²) < 4.78 is 10.4. The van der Waals surface area contributed by atoms with Crippen LogP contribution in [0, 0.1) is 5.41 Å². The number of ether oxygens (including phenoxy) is 2. The standard InChI is InChI=1S/C17H27NO4/c1-17(2,16(19)20)8-9-18-12-14-4-6-15(7-5-14)13-22-11-10-21-3/h4-7,18H,8-13H2,1-3H3,(H,19,20). The zero-order chi connectivity index (χ0) is 16.4. The number of carboxylic acids is 1. The van der Waals surface area contributed by atoms with Crippen molar-refractivity contribution < 1.29 is 19.4 Å². The Morgan fingerprint density at radius 3 is 2.41 bits per heavy atom. The Hall–Kier alpha value is -1.43. The number of hydrogen-bond donors (Lipinski definition) is 2. The first-order chi connectivity index (χ1) is 10.5. The van der Waals surface area contributed by atoms with Gasteiger partial charge in [-0.1, -0.05) is 24.3 Å². The van der Waals surface area contributed by atoms with Gasteiger partial charge in [-0.25, -0.2) is 0 Å². The maximum atomic E-state index is 11.0. The number of nitrogens with one attached hydrogen (secondary N) is 1. The quantitative estimate of drug-likeness (QED) is 0.615. The Balaban J connectivity index is 2.25. The molecule has 2 N–H and O–H groups in total. The van der Waals surface area contributed by atoms with Crippen LogP contribution in [0.1, 0.15) is 31.4 Å². The number of hydrogen-bond acceptors (Lipinski definition) is 4. The molecular formula is C17H27NO4. The minimum absolute atomic E-state index is 0.587. The molecule has 0 aliphatic rings. The Bertz CT molecular complexity index is 442. The molecule has 0 spiro atoms. The minimum atomic E-state index is -0.757. The zero-order valence-electron chi connectivity index (χ0n) is 13.7. The highest BCUT2D eigenvalue weighted by Gasteiger charge is 2.25. The summed E-state index contributed by atoms with van der Waals surface area (Å²) in [5.41, 5.74) is 1.62. The number of carbonyl (C=O) groups is 1. The van der Waals surface area contributed by atoms with Gasteiger partial charge in [0.2, 0.25) is 0 Å². The number of methoxy groups -OCH3 is 1. The van der Waals surface area contributed by atoms with Gasteiger partial charge in [-0.05, 0) is 37.9 Å². The second kappa shape index (κ2) is 9.56. The predicted octanol–water partition coefficient (Wildman–Crippen LogP) is 2.44. The normalized spacial score (nSPS) is 11.6. The van der Waals surface area contributed by atoms with E-state index in [9.17, 15) is 4.79 Å². The van der Waals surface area contributed by atoms with Gasteiger partial charge in [0, 0.05) is 13.7 Å². The van der Waals surface area contributed by atoms with Gasteiger partial charge >= 0.3 is 5.97 Å². The van der Waals surface area contributed by atoms with E-state index in [0.717, 1.165) is 12.1 Å². The van der Waals surface area contributed by atoms with E-state index in [1.165, 1.54) is 5.56 Å². The van der Waals surface area contributed by atoms with E-state index in [-0.39, 0.29) is 0 Å². The summed E-state index contributed by atoms with van der Waals surface area (Å²) in [5, 5.41) is 12.3. The van der Waals surface area contributed by atoms with Gasteiger partial charge in [0.25, 0.3) is 0 Å². The van der Waals surface area contributed by atoms with Crippen molar-refractivity contribution in [3.8, 4) is 0 Å². The van der Waals surface area contributed by atoms with E-state index in [2.05, 4.69) is 17.4 Å². The summed E-state index contributed by atoms with van der Waals surface area (Å²) in [5.74, 6) is -0.757. The van der Waals surface area contributed by atoms with Gasteiger partial charge in [-0.15, -0.1) is 0 Å². The molecule has 5 nitrogen and oxygen atoms in total. The molecule has 1 aromatic rings. The second-order valence-electron chi connectivity index (χ2n) is 5.98. The van der Waals surface area contributed by atoms with Gasteiger partial charge in [-0.3, -0.25) is 4.79 Å². The Labute approximate surface area is 132 Å². The molecule has 0 aliphatic heterocycles. The third kappa shape index (κ3) is 7.02. The van der Waals surface area contributed by atoms with Crippen LogP contribution in [0.4, 0.5) is 0 Å². The largest absolute Gasteiger partial charge is 0.481 e. The first kappa shape index (κ1) is 18.6. The van der Waals surface area contributed by atoms with Crippen LogP contribution in [0.15, 0.2) is 24.3 Å². The molecule has 0 radical (unpaired) electrons. The van der Waals surface area contributed by atoms with Crippen LogP contribution in [0.25, 0.3) is 0 Å². The lowest BCUT2D eigenvalue weighted by molar-refractivity contribution is -0.147. The first-order valence-corrected chi connectivity index (χ1v) is 7.54. The molecular weight excluding hydrogens is 282 g/mol. The number of rotatable bonds is 11. The van der Waals surface area contributed by atoms with Gasteiger partial charge in [0.05, 0.1) is 25.2 Å². The Morgan fingerprint density at radius 2 is 1.82 bits per heavy atom. The summed E-state index contributed by atoms with van der Waals surface area (Å²) in [7, 11) is 1.66. The third-order valence-corrected chi connectivity index (χ3v) is 3.56. The van der Waals surface area contributed by atoms with E-state index in [4.69, 9.17) is 14.6 Å². The van der Waals surface area contributed by atoms with E-state index in [1.807, 2.05) is 12.1 Å². The molecule has 1 aromatic carbocycles. The molecule has 0 aliphatic carbocycles. The second-order valence-corrected chi connectivity index (χ2v) is 5.98. The molecule has 0 fully saturated rings. The van der Waals surface area contributed by atoms with E-state index < -0.39 is 11.4 Å². The Kier molecular flexibility index (Phi) is 8.09. The Morgan fingerprint density at radius 1 is 1.18 bits per heavy atom. The molecule has 5 heteroatoms. The van der Waals surface area contributed by atoms with Crippen molar-refractivity contribution in [1.82, 2.24) is 5.32 Å². The lowest BCUT2D eigenvalue weighted by Gasteiger charge is -2.19. The van der Waals surface area contributed by atoms with E-state index in [1.54, 1.807) is 21.0 Å². The summed E-state index contributed by atoms with van der Waals surface area (Å²) in [6.07, 6.45) is 0.605. The monoisotopic (exact) mass is 309 g/mol. The van der Waals surface area contributed by atoms with Crippen LogP contribution in [0.2, 0.25) is 0 Å². The highest BCUT2D eigenvalue weighted by Crippen LogP contribution is 2.19. The summed E-state index contributed by atoms with van der Waals surface area (Å²) in [6.45, 7) is 6.70. The fourth-order valence-electron chi connectivity index (χ4n) is 1.83. The van der Waals surface area contributed by atoms with Gasteiger partial charge in [0.1, 0.15) is 0 Å². The minimum Gasteiger partial charge on any atom is -0.481 e. The lowest BCUT2D eigenvalue weighted by Crippen LogP contribution is -2.28. The van der Waals surface area contributed by atoms with Crippen LogP contribution >= 0.6 is 0 Å². The fourth-order valence-corrected chi connectivity index (χ4v) is 1.83. The number of aliphatic carboxylic acids is 1. The predicted molar refractivity (Wildman–Crippen MR) is 85.7 cm³/mol. The van der Waals surface area contributed by atoms with Crippen molar-refractivity contribution in [2.75, 3.05) is 26.9 Å². The van der Waals surface area contributed by atoms with Crippen molar-refractivity contribution in [3.05, 3.63) is 35.4 Å². The molecule has 0 amide bonds. The molecule has 124 valence electrons. The van der Waals surface area contributed by atoms with Crippen LogP contribution in [-0.2, 0) is 27.4 Å². The maximum Gasteiger partial charge on any atom is 0.309 e. The number of carboxylic acid groups (broad SMARTS) is 1. The van der Waals surface area contributed by atoms with Crippen molar-refractivity contribution in [3.63, 3.8) is 0 Å². The lowest BCUT2D eigenvalue weighted by atomic mass is 9.90. The molecule has 0 heterocycles. The topological polar surface area (TPSA) is 67.8 Å². The van der Waals surface area contributed by atoms with E-state index in [0.29, 0.717) is 32.8 Å². The van der Waals surface area contributed by atoms with Crippen molar-refractivity contribution in [1.29, 1.82) is 0 Å².